The molecule has 7 nitrogen and oxygen atoms in total. The summed E-state index contributed by atoms with van der Waals surface area (Å²) in [4.78, 5) is 34.8. The summed E-state index contributed by atoms with van der Waals surface area (Å²) >= 11 is 0. The van der Waals surface area contributed by atoms with Crippen molar-refractivity contribution < 1.29 is 24.2 Å². The molecule has 0 unspecified atom stereocenters. The van der Waals surface area contributed by atoms with Crippen LogP contribution in [0, 0.1) is 0 Å². The van der Waals surface area contributed by atoms with Crippen LogP contribution in [-0.4, -0.2) is 35.2 Å². The van der Waals surface area contributed by atoms with E-state index in [4.69, 9.17) is 4.74 Å². The maximum absolute atomic E-state index is 12.0. The number of carbonyl (C=O) groups is 3. The molecular formula is C19H28N2O5. The Kier molecular flexibility index (Phi) is 8.61. The van der Waals surface area contributed by atoms with E-state index >= 15 is 0 Å². The van der Waals surface area contributed by atoms with Crippen LogP contribution in [0.15, 0.2) is 30.3 Å². The summed E-state index contributed by atoms with van der Waals surface area (Å²) in [5.74, 6) is -1.40. The lowest BCUT2D eigenvalue weighted by atomic mass is 10.1. The van der Waals surface area contributed by atoms with Gasteiger partial charge in [-0.25, -0.2) is 9.59 Å². The van der Waals surface area contributed by atoms with E-state index in [1.54, 1.807) is 51.1 Å². The van der Waals surface area contributed by atoms with Gasteiger partial charge in [0, 0.05) is 13.0 Å². The molecule has 1 aromatic rings. The molecule has 0 aliphatic rings. The highest BCUT2D eigenvalue weighted by atomic mass is 16.6. The Hall–Kier alpha value is -2.57. The number of nitrogens with one attached hydrogen (secondary N) is 2. The molecule has 3 N–H and O–H groups in total. The molecule has 0 aliphatic carbocycles. The summed E-state index contributed by atoms with van der Waals surface area (Å²) in [7, 11) is 0. The van der Waals surface area contributed by atoms with Crippen LogP contribution in [0.4, 0.5) is 4.79 Å². The summed E-state index contributed by atoms with van der Waals surface area (Å²) in [6.45, 7) is 5.86. The smallest absolute Gasteiger partial charge is 0.407 e. The van der Waals surface area contributed by atoms with Crippen LogP contribution < -0.4 is 10.6 Å². The van der Waals surface area contributed by atoms with Gasteiger partial charge in [0.2, 0.25) is 5.91 Å². The van der Waals surface area contributed by atoms with Gasteiger partial charge in [0.15, 0.2) is 6.04 Å². The number of carboxylic acid groups (broad SMARTS) is 1. The molecule has 0 bridgehead atoms. The van der Waals surface area contributed by atoms with Gasteiger partial charge in [-0.15, -0.1) is 0 Å². The zero-order valence-electron chi connectivity index (χ0n) is 15.6. The Morgan fingerprint density at radius 2 is 1.73 bits per heavy atom. The Morgan fingerprint density at radius 1 is 1.08 bits per heavy atom. The number of hydrogen-bond acceptors (Lipinski definition) is 4. The van der Waals surface area contributed by atoms with E-state index in [9.17, 15) is 19.5 Å². The summed E-state index contributed by atoms with van der Waals surface area (Å²) in [5.41, 5.74) is 0.0108. The highest BCUT2D eigenvalue weighted by Gasteiger charge is 2.21. The second-order valence-electron chi connectivity index (χ2n) is 6.99. The van der Waals surface area contributed by atoms with E-state index in [-0.39, 0.29) is 12.3 Å². The first kappa shape index (κ1) is 21.5. The van der Waals surface area contributed by atoms with E-state index in [0.717, 1.165) is 6.42 Å². The van der Waals surface area contributed by atoms with E-state index in [1.807, 2.05) is 0 Å². The van der Waals surface area contributed by atoms with Crippen LogP contribution in [0.25, 0.3) is 0 Å². The first-order valence-electron chi connectivity index (χ1n) is 8.73. The fraction of sp³-hybridized carbons (Fsp3) is 0.526. The van der Waals surface area contributed by atoms with Crippen molar-refractivity contribution in [2.24, 2.45) is 0 Å². The van der Waals surface area contributed by atoms with E-state index < -0.39 is 23.7 Å². The van der Waals surface area contributed by atoms with Crippen molar-refractivity contribution in [3.05, 3.63) is 35.9 Å². The first-order chi connectivity index (χ1) is 12.2. The second-order valence-corrected chi connectivity index (χ2v) is 6.99. The fourth-order valence-electron chi connectivity index (χ4n) is 2.26. The molecule has 2 amide bonds. The van der Waals surface area contributed by atoms with Gasteiger partial charge in [0.05, 0.1) is 0 Å². The van der Waals surface area contributed by atoms with Crippen LogP contribution in [0.3, 0.4) is 0 Å². The molecule has 144 valence electrons. The Morgan fingerprint density at radius 3 is 2.31 bits per heavy atom. The molecule has 0 radical (unpaired) electrons. The standard InChI is InChI=1S/C19H28N2O5/c1-19(2,3)26-18(25)20-13-9-5-8-12-15(22)21-16(17(23)24)14-10-6-4-7-11-14/h4,6-7,10-11,16H,5,8-9,12-13H2,1-3H3,(H,20,25)(H,21,22)(H,23,24)/t16-/m1/s1. The number of hydrogen-bond donors (Lipinski definition) is 3. The van der Waals surface area contributed by atoms with Gasteiger partial charge in [-0.1, -0.05) is 36.8 Å². The molecule has 0 fully saturated rings. The zero-order valence-corrected chi connectivity index (χ0v) is 15.6. The molecule has 7 heteroatoms. The van der Waals surface area contributed by atoms with Crippen LogP contribution in [0.1, 0.15) is 58.1 Å². The number of benzene rings is 1. The molecule has 0 spiro atoms. The summed E-state index contributed by atoms with van der Waals surface area (Å²) in [6.07, 6.45) is 1.86. The molecule has 1 aromatic carbocycles. The topological polar surface area (TPSA) is 105 Å². The number of carboxylic acids is 1. The Bertz CT molecular complexity index is 596. The number of aliphatic carboxylic acids is 1. The van der Waals surface area contributed by atoms with E-state index in [1.165, 1.54) is 0 Å². The molecule has 1 atom stereocenters. The van der Waals surface area contributed by atoms with Crippen molar-refractivity contribution in [1.82, 2.24) is 10.6 Å². The largest absolute Gasteiger partial charge is 0.479 e. The molecule has 0 saturated carbocycles. The predicted molar refractivity (Wildman–Crippen MR) is 97.7 cm³/mol. The first-order valence-corrected chi connectivity index (χ1v) is 8.73. The third-order valence-electron chi connectivity index (χ3n) is 3.43. The molecule has 26 heavy (non-hydrogen) atoms. The number of alkyl carbamates (subject to hydrolysis) is 1. The lowest BCUT2D eigenvalue weighted by Gasteiger charge is -2.19. The summed E-state index contributed by atoms with van der Waals surface area (Å²) in [5, 5.41) is 14.5. The van der Waals surface area contributed by atoms with Gasteiger partial charge in [-0.05, 0) is 39.2 Å². The minimum Gasteiger partial charge on any atom is -0.479 e. The van der Waals surface area contributed by atoms with Crippen molar-refractivity contribution >= 4 is 18.0 Å². The quantitative estimate of drug-likeness (QED) is 0.584. The third-order valence-corrected chi connectivity index (χ3v) is 3.43. The van der Waals surface area contributed by atoms with Gasteiger partial charge < -0.3 is 20.5 Å². The maximum atomic E-state index is 12.0. The van der Waals surface area contributed by atoms with Crippen LogP contribution in [-0.2, 0) is 14.3 Å². The monoisotopic (exact) mass is 364 g/mol. The maximum Gasteiger partial charge on any atom is 0.407 e. The molecule has 0 aliphatic heterocycles. The summed E-state index contributed by atoms with van der Waals surface area (Å²) in [6, 6.07) is 7.54. The molecule has 0 aromatic heterocycles. The lowest BCUT2D eigenvalue weighted by Crippen LogP contribution is -2.33. The number of unbranched alkanes of at least 4 members (excludes halogenated alkanes) is 2. The average Bonchev–Trinajstić information content (AvgIpc) is 2.54. The minimum atomic E-state index is -1.09. The number of amides is 2. The Labute approximate surface area is 154 Å². The number of ether oxygens (including phenoxy) is 1. The van der Waals surface area contributed by atoms with Gasteiger partial charge in [0.1, 0.15) is 5.60 Å². The van der Waals surface area contributed by atoms with Crippen LogP contribution in [0.5, 0.6) is 0 Å². The minimum absolute atomic E-state index is 0.239. The second kappa shape index (κ2) is 10.4. The molecule has 1 rings (SSSR count). The van der Waals surface area contributed by atoms with Gasteiger partial charge in [-0.3, -0.25) is 4.79 Å². The fourth-order valence-corrected chi connectivity index (χ4v) is 2.26. The average molecular weight is 364 g/mol. The highest BCUT2D eigenvalue weighted by Crippen LogP contribution is 2.13. The predicted octanol–water partition coefficient (Wildman–Crippen LogP) is 3.01. The lowest BCUT2D eigenvalue weighted by molar-refractivity contribution is -0.142. The molecular weight excluding hydrogens is 336 g/mol. The highest BCUT2D eigenvalue weighted by molar-refractivity contribution is 5.84. The third kappa shape index (κ3) is 9.05. The van der Waals surface area contributed by atoms with Gasteiger partial charge >= 0.3 is 12.1 Å². The number of carbonyl (C=O) groups excluding carboxylic acids is 2. The normalized spacial score (nSPS) is 12.1. The van der Waals surface area contributed by atoms with Gasteiger partial charge in [0.25, 0.3) is 0 Å². The summed E-state index contributed by atoms with van der Waals surface area (Å²) < 4.78 is 5.12. The van der Waals surface area contributed by atoms with Crippen molar-refractivity contribution in [3.8, 4) is 0 Å². The van der Waals surface area contributed by atoms with Crippen molar-refractivity contribution in [2.45, 2.75) is 58.1 Å². The van der Waals surface area contributed by atoms with Crippen molar-refractivity contribution in [2.75, 3.05) is 6.54 Å². The Balaban J connectivity index is 2.24. The molecule has 0 heterocycles. The van der Waals surface area contributed by atoms with Crippen LogP contribution >= 0.6 is 0 Å². The zero-order chi connectivity index (χ0) is 19.6. The van der Waals surface area contributed by atoms with Crippen molar-refractivity contribution in [3.63, 3.8) is 0 Å². The van der Waals surface area contributed by atoms with E-state index in [0.29, 0.717) is 24.9 Å². The van der Waals surface area contributed by atoms with Crippen molar-refractivity contribution in [1.29, 1.82) is 0 Å². The SMILES string of the molecule is CC(C)(C)OC(=O)NCCCCCC(=O)N[C@@H](C(=O)O)c1ccccc1. The van der Waals surface area contributed by atoms with Crippen LogP contribution in [0.2, 0.25) is 0 Å². The van der Waals surface area contributed by atoms with E-state index in [2.05, 4.69) is 10.6 Å². The van der Waals surface area contributed by atoms with Gasteiger partial charge in [-0.2, -0.15) is 0 Å². The molecule has 0 saturated heterocycles. The number of rotatable bonds is 9.